The van der Waals surface area contributed by atoms with Gasteiger partial charge in [-0.3, -0.25) is 4.79 Å². The summed E-state index contributed by atoms with van der Waals surface area (Å²) >= 11 is 1.82. The van der Waals surface area contributed by atoms with Crippen LogP contribution >= 0.6 is 11.3 Å². The highest BCUT2D eigenvalue weighted by Crippen LogP contribution is 2.24. The molecule has 2 aliphatic rings. The highest BCUT2D eigenvalue weighted by atomic mass is 32.1. The normalized spacial score (nSPS) is 19.7. The molecular formula is C15H22N2OS. The highest BCUT2D eigenvalue weighted by molar-refractivity contribution is 7.10. The second-order valence-corrected chi connectivity index (χ2v) is 6.72. The van der Waals surface area contributed by atoms with Crippen molar-refractivity contribution < 1.29 is 4.79 Å². The third-order valence-electron chi connectivity index (χ3n) is 4.34. The van der Waals surface area contributed by atoms with Gasteiger partial charge in [0.05, 0.1) is 6.54 Å². The summed E-state index contributed by atoms with van der Waals surface area (Å²) in [6.45, 7) is 3.22. The Bertz CT molecular complexity index is 437. The molecule has 0 spiro atoms. The van der Waals surface area contributed by atoms with Crippen LogP contribution in [0.1, 0.15) is 36.1 Å². The van der Waals surface area contributed by atoms with E-state index in [9.17, 15) is 4.79 Å². The summed E-state index contributed by atoms with van der Waals surface area (Å²) in [6, 6.07) is 2.16. The van der Waals surface area contributed by atoms with Gasteiger partial charge in [-0.15, -0.1) is 11.3 Å². The molecule has 1 aliphatic carbocycles. The third-order valence-corrected chi connectivity index (χ3v) is 5.37. The fraction of sp³-hybridized carbons (Fsp3) is 0.667. The van der Waals surface area contributed by atoms with Crippen LogP contribution in [0.3, 0.4) is 0 Å². The molecule has 1 aliphatic heterocycles. The van der Waals surface area contributed by atoms with Gasteiger partial charge < -0.3 is 10.2 Å². The minimum absolute atomic E-state index is 0.259. The molecule has 1 aromatic rings. The van der Waals surface area contributed by atoms with Gasteiger partial charge in [0.25, 0.3) is 0 Å². The molecule has 0 radical (unpaired) electrons. The Balaban J connectivity index is 1.43. The summed E-state index contributed by atoms with van der Waals surface area (Å²) in [6.07, 6.45) is 6.44. The first kappa shape index (κ1) is 13.1. The summed E-state index contributed by atoms with van der Waals surface area (Å²) in [5.41, 5.74) is 1.35. The molecular weight excluding hydrogens is 256 g/mol. The van der Waals surface area contributed by atoms with Gasteiger partial charge in [0.1, 0.15) is 0 Å². The molecule has 1 saturated carbocycles. The van der Waals surface area contributed by atoms with E-state index in [0.29, 0.717) is 6.54 Å². The number of carbonyl (C=O) groups is 1. The molecule has 0 aromatic carbocycles. The third kappa shape index (κ3) is 3.18. The zero-order chi connectivity index (χ0) is 13.1. The summed E-state index contributed by atoms with van der Waals surface area (Å²) in [7, 11) is 0. The minimum Gasteiger partial charge on any atom is -0.337 e. The number of nitrogens with one attached hydrogen (secondary N) is 1. The molecule has 1 fully saturated rings. The van der Waals surface area contributed by atoms with Crippen LogP contribution in [-0.2, 0) is 17.8 Å². The van der Waals surface area contributed by atoms with E-state index in [1.807, 2.05) is 16.2 Å². The van der Waals surface area contributed by atoms with Crippen molar-refractivity contribution in [3.05, 3.63) is 21.9 Å². The monoisotopic (exact) mass is 278 g/mol. The molecule has 1 amide bonds. The molecule has 19 heavy (non-hydrogen) atoms. The number of carbonyl (C=O) groups excluding carboxylic acids is 1. The predicted octanol–water partition coefficient (Wildman–Crippen LogP) is 2.41. The first-order valence-corrected chi connectivity index (χ1v) is 8.24. The molecule has 1 aromatic heterocycles. The van der Waals surface area contributed by atoms with Crippen molar-refractivity contribution in [1.82, 2.24) is 10.2 Å². The SMILES string of the molecule is O=C(CNCC1CCCC1)N1CCc2sccc2C1. The van der Waals surface area contributed by atoms with Crippen LogP contribution in [0.2, 0.25) is 0 Å². The van der Waals surface area contributed by atoms with Crippen molar-refractivity contribution in [3.8, 4) is 0 Å². The van der Waals surface area contributed by atoms with Crippen molar-refractivity contribution in [3.63, 3.8) is 0 Å². The fourth-order valence-electron chi connectivity index (χ4n) is 3.17. The van der Waals surface area contributed by atoms with Crippen molar-refractivity contribution in [2.24, 2.45) is 5.92 Å². The van der Waals surface area contributed by atoms with Crippen LogP contribution in [0, 0.1) is 5.92 Å². The zero-order valence-electron chi connectivity index (χ0n) is 11.4. The second-order valence-electron chi connectivity index (χ2n) is 5.72. The molecule has 3 rings (SSSR count). The fourth-order valence-corrected chi connectivity index (χ4v) is 4.06. The van der Waals surface area contributed by atoms with Crippen molar-refractivity contribution >= 4 is 17.2 Å². The lowest BCUT2D eigenvalue weighted by atomic mass is 10.1. The Morgan fingerprint density at radius 3 is 3.11 bits per heavy atom. The number of amides is 1. The lowest BCUT2D eigenvalue weighted by Gasteiger charge is -2.27. The smallest absolute Gasteiger partial charge is 0.236 e. The highest BCUT2D eigenvalue weighted by Gasteiger charge is 2.21. The van der Waals surface area contributed by atoms with Gasteiger partial charge in [0, 0.05) is 18.0 Å². The Kier molecular flexibility index (Phi) is 4.18. The second kappa shape index (κ2) is 6.06. The van der Waals surface area contributed by atoms with Crippen LogP contribution in [0.15, 0.2) is 11.4 Å². The Labute approximate surface area is 119 Å². The molecule has 0 unspecified atom stereocenters. The van der Waals surface area contributed by atoms with Gasteiger partial charge in [-0.1, -0.05) is 12.8 Å². The van der Waals surface area contributed by atoms with Gasteiger partial charge in [-0.2, -0.15) is 0 Å². The Morgan fingerprint density at radius 2 is 2.26 bits per heavy atom. The molecule has 0 saturated heterocycles. The van der Waals surface area contributed by atoms with Crippen molar-refractivity contribution in [2.75, 3.05) is 19.6 Å². The van der Waals surface area contributed by atoms with Crippen molar-refractivity contribution in [2.45, 2.75) is 38.6 Å². The van der Waals surface area contributed by atoms with Crippen LogP contribution < -0.4 is 5.32 Å². The summed E-state index contributed by atoms with van der Waals surface area (Å²) in [4.78, 5) is 15.6. The number of hydrogen-bond donors (Lipinski definition) is 1. The lowest BCUT2D eigenvalue weighted by Crippen LogP contribution is -2.41. The largest absolute Gasteiger partial charge is 0.337 e. The van der Waals surface area contributed by atoms with Crippen molar-refractivity contribution in [1.29, 1.82) is 0 Å². The molecule has 0 bridgehead atoms. The standard InChI is InChI=1S/C15H22N2OS/c18-15(10-16-9-12-3-1-2-4-12)17-7-5-14-13(11-17)6-8-19-14/h6,8,12,16H,1-5,7,9-11H2. The number of hydrogen-bond acceptors (Lipinski definition) is 3. The van der Waals surface area contributed by atoms with Crippen LogP contribution in [0.4, 0.5) is 0 Å². The Hall–Kier alpha value is -0.870. The van der Waals surface area contributed by atoms with E-state index < -0.39 is 0 Å². The maximum atomic E-state index is 12.2. The van der Waals surface area contributed by atoms with E-state index in [4.69, 9.17) is 0 Å². The van der Waals surface area contributed by atoms with E-state index in [-0.39, 0.29) is 5.91 Å². The van der Waals surface area contributed by atoms with Gasteiger partial charge in [-0.05, 0) is 48.7 Å². The maximum Gasteiger partial charge on any atom is 0.236 e. The molecule has 1 N–H and O–H groups in total. The van der Waals surface area contributed by atoms with Crippen LogP contribution in [0.5, 0.6) is 0 Å². The van der Waals surface area contributed by atoms with Gasteiger partial charge >= 0.3 is 0 Å². The molecule has 0 atom stereocenters. The number of rotatable bonds is 4. The van der Waals surface area contributed by atoms with Gasteiger partial charge in [-0.25, -0.2) is 0 Å². The van der Waals surface area contributed by atoms with E-state index >= 15 is 0 Å². The first-order valence-electron chi connectivity index (χ1n) is 7.36. The predicted molar refractivity (Wildman–Crippen MR) is 78.3 cm³/mol. The van der Waals surface area contributed by atoms with Gasteiger partial charge in [0.2, 0.25) is 5.91 Å². The molecule has 104 valence electrons. The summed E-state index contributed by atoms with van der Waals surface area (Å²) in [5.74, 6) is 1.06. The maximum absolute atomic E-state index is 12.2. The molecule has 3 nitrogen and oxygen atoms in total. The number of fused-ring (bicyclic) bond motifs is 1. The van der Waals surface area contributed by atoms with E-state index in [1.54, 1.807) is 0 Å². The number of thiophene rings is 1. The topological polar surface area (TPSA) is 32.3 Å². The Morgan fingerprint density at radius 1 is 1.42 bits per heavy atom. The van der Waals surface area contributed by atoms with E-state index in [2.05, 4.69) is 16.8 Å². The lowest BCUT2D eigenvalue weighted by molar-refractivity contribution is -0.131. The number of nitrogens with zero attached hydrogens (tertiary/aromatic N) is 1. The van der Waals surface area contributed by atoms with Gasteiger partial charge in [0.15, 0.2) is 0 Å². The quantitative estimate of drug-likeness (QED) is 0.917. The summed E-state index contributed by atoms with van der Waals surface area (Å²) in [5, 5.41) is 5.49. The summed E-state index contributed by atoms with van der Waals surface area (Å²) < 4.78 is 0. The molecule has 2 heterocycles. The minimum atomic E-state index is 0.259. The van der Waals surface area contributed by atoms with E-state index in [1.165, 1.54) is 36.1 Å². The van der Waals surface area contributed by atoms with Crippen LogP contribution in [-0.4, -0.2) is 30.4 Å². The average Bonchev–Trinajstić information content (AvgIpc) is 3.08. The van der Waals surface area contributed by atoms with E-state index in [0.717, 1.165) is 32.0 Å². The zero-order valence-corrected chi connectivity index (χ0v) is 12.2. The van der Waals surface area contributed by atoms with Crippen LogP contribution in [0.25, 0.3) is 0 Å². The first-order chi connectivity index (χ1) is 9.33. The average molecular weight is 278 g/mol. The molecule has 4 heteroatoms.